The number of hydrogen-bond donors (Lipinski definition) is 1. The lowest BCUT2D eigenvalue weighted by Crippen LogP contribution is -2.45. The average Bonchev–Trinajstić information content (AvgIpc) is 2.37. The summed E-state index contributed by atoms with van der Waals surface area (Å²) in [6.45, 7) is 1.97. The van der Waals surface area contributed by atoms with Gasteiger partial charge in [-0.25, -0.2) is 0 Å². The van der Waals surface area contributed by atoms with E-state index in [9.17, 15) is 0 Å². The maximum absolute atomic E-state index is 5.96. The highest BCUT2D eigenvalue weighted by atomic mass is 28.4. The molecule has 90 valence electrons. The summed E-state index contributed by atoms with van der Waals surface area (Å²) in [4.78, 5) is 0. The monoisotopic (exact) mass is 241 g/mol. The van der Waals surface area contributed by atoms with Crippen molar-refractivity contribution >= 4 is 8.80 Å². The third-order valence-corrected chi connectivity index (χ3v) is 5.21. The third-order valence-electron chi connectivity index (χ3n) is 2.49. The SMILES string of the molecule is CC[Si](OC)(OC)OC(N)c1ccccc1. The molecule has 0 saturated carbocycles. The Hall–Kier alpha value is -0.723. The molecule has 0 heterocycles. The Labute approximate surface area is 97.7 Å². The van der Waals surface area contributed by atoms with Crippen LogP contribution in [0.2, 0.25) is 6.04 Å². The van der Waals surface area contributed by atoms with Crippen molar-refractivity contribution < 1.29 is 13.3 Å². The van der Waals surface area contributed by atoms with Crippen LogP contribution in [0.4, 0.5) is 0 Å². The maximum Gasteiger partial charge on any atom is 0.501 e. The molecule has 0 aliphatic carbocycles. The highest BCUT2D eigenvalue weighted by molar-refractivity contribution is 6.60. The number of rotatable bonds is 6. The molecule has 1 aromatic rings. The predicted octanol–water partition coefficient (Wildman–Crippen LogP) is 1.91. The second kappa shape index (κ2) is 6.12. The van der Waals surface area contributed by atoms with Gasteiger partial charge in [-0.3, -0.25) is 0 Å². The Morgan fingerprint density at radius 1 is 1.19 bits per heavy atom. The minimum Gasteiger partial charge on any atom is -0.377 e. The molecule has 0 bridgehead atoms. The second-order valence-electron chi connectivity index (χ2n) is 3.39. The van der Waals surface area contributed by atoms with Crippen LogP contribution in [0.3, 0.4) is 0 Å². The van der Waals surface area contributed by atoms with E-state index in [1.165, 1.54) is 0 Å². The Kier molecular flexibility index (Phi) is 5.10. The van der Waals surface area contributed by atoms with Gasteiger partial charge < -0.3 is 19.0 Å². The van der Waals surface area contributed by atoms with Crippen LogP contribution in [0, 0.1) is 0 Å². The highest BCUT2D eigenvalue weighted by Gasteiger charge is 2.38. The standard InChI is InChI=1S/C11H19NO3Si/c1-4-16(13-2,14-3)15-11(12)10-8-6-5-7-9-10/h5-9,11H,4,12H2,1-3H3. The van der Waals surface area contributed by atoms with Crippen molar-refractivity contribution in [2.24, 2.45) is 5.73 Å². The first-order valence-corrected chi connectivity index (χ1v) is 7.19. The molecule has 1 rings (SSSR count). The normalized spacial score (nSPS) is 13.8. The van der Waals surface area contributed by atoms with Gasteiger partial charge in [0.15, 0.2) is 0 Å². The van der Waals surface area contributed by atoms with Gasteiger partial charge in [0.1, 0.15) is 6.23 Å². The molecular formula is C11H19NO3Si. The Morgan fingerprint density at radius 2 is 1.75 bits per heavy atom. The number of nitrogens with two attached hydrogens (primary N) is 1. The summed E-state index contributed by atoms with van der Waals surface area (Å²) >= 11 is 0. The van der Waals surface area contributed by atoms with Gasteiger partial charge in [0, 0.05) is 20.3 Å². The molecule has 0 aliphatic heterocycles. The summed E-state index contributed by atoms with van der Waals surface area (Å²) < 4.78 is 16.4. The fourth-order valence-electron chi connectivity index (χ4n) is 1.46. The van der Waals surface area contributed by atoms with E-state index in [1.54, 1.807) is 14.2 Å². The van der Waals surface area contributed by atoms with E-state index in [1.807, 2.05) is 37.3 Å². The van der Waals surface area contributed by atoms with E-state index < -0.39 is 15.0 Å². The lowest BCUT2D eigenvalue weighted by molar-refractivity contribution is 0.0582. The van der Waals surface area contributed by atoms with E-state index in [0.29, 0.717) is 6.04 Å². The summed E-state index contributed by atoms with van der Waals surface area (Å²) in [5.74, 6) is 0. The number of benzene rings is 1. The van der Waals surface area contributed by atoms with Gasteiger partial charge in [0.2, 0.25) is 0 Å². The molecule has 1 aromatic carbocycles. The van der Waals surface area contributed by atoms with Crippen LogP contribution in [-0.4, -0.2) is 23.0 Å². The first-order valence-electron chi connectivity index (χ1n) is 5.26. The van der Waals surface area contributed by atoms with E-state index in [0.717, 1.165) is 5.56 Å². The van der Waals surface area contributed by atoms with Crippen molar-refractivity contribution in [1.29, 1.82) is 0 Å². The Balaban J connectivity index is 2.73. The molecule has 0 amide bonds. The van der Waals surface area contributed by atoms with Gasteiger partial charge in [-0.05, 0) is 5.56 Å². The molecule has 0 spiro atoms. The summed E-state index contributed by atoms with van der Waals surface area (Å²) in [7, 11) is 0.600. The summed E-state index contributed by atoms with van der Waals surface area (Å²) in [5, 5.41) is 0. The minimum absolute atomic E-state index is 0.507. The Bertz CT molecular complexity index is 295. The van der Waals surface area contributed by atoms with Gasteiger partial charge in [-0.2, -0.15) is 0 Å². The van der Waals surface area contributed by atoms with E-state index >= 15 is 0 Å². The number of hydrogen-bond acceptors (Lipinski definition) is 4. The van der Waals surface area contributed by atoms with Crippen LogP contribution in [0.15, 0.2) is 30.3 Å². The maximum atomic E-state index is 5.96. The lowest BCUT2D eigenvalue weighted by Gasteiger charge is -2.28. The molecule has 0 radical (unpaired) electrons. The molecule has 4 nitrogen and oxygen atoms in total. The largest absolute Gasteiger partial charge is 0.501 e. The first kappa shape index (κ1) is 13.3. The summed E-state index contributed by atoms with van der Waals surface area (Å²) in [6, 6.07) is 10.3. The van der Waals surface area contributed by atoms with Crippen LogP contribution in [0.25, 0.3) is 0 Å². The van der Waals surface area contributed by atoms with Crippen LogP contribution in [0.5, 0.6) is 0 Å². The fraction of sp³-hybridized carbons (Fsp3) is 0.455. The van der Waals surface area contributed by atoms with Gasteiger partial charge >= 0.3 is 8.80 Å². The van der Waals surface area contributed by atoms with E-state index in [2.05, 4.69) is 0 Å². The van der Waals surface area contributed by atoms with Gasteiger partial charge in [-0.1, -0.05) is 37.3 Å². The van der Waals surface area contributed by atoms with Crippen molar-refractivity contribution in [1.82, 2.24) is 0 Å². The summed E-state index contributed by atoms with van der Waals surface area (Å²) in [6.07, 6.45) is -0.507. The fourth-order valence-corrected chi connectivity index (χ4v) is 3.08. The second-order valence-corrected chi connectivity index (χ2v) is 6.52. The molecule has 0 saturated heterocycles. The molecule has 16 heavy (non-hydrogen) atoms. The van der Waals surface area contributed by atoms with Crippen molar-refractivity contribution in [2.75, 3.05) is 14.2 Å². The van der Waals surface area contributed by atoms with Crippen LogP contribution >= 0.6 is 0 Å². The Morgan fingerprint density at radius 3 is 2.19 bits per heavy atom. The molecule has 0 aliphatic rings. The zero-order valence-electron chi connectivity index (χ0n) is 9.97. The zero-order chi connectivity index (χ0) is 12.0. The average molecular weight is 241 g/mol. The van der Waals surface area contributed by atoms with Crippen molar-refractivity contribution in [3.05, 3.63) is 35.9 Å². The molecule has 1 unspecified atom stereocenters. The smallest absolute Gasteiger partial charge is 0.377 e. The van der Waals surface area contributed by atoms with E-state index in [4.69, 9.17) is 19.0 Å². The van der Waals surface area contributed by atoms with Crippen molar-refractivity contribution in [3.63, 3.8) is 0 Å². The van der Waals surface area contributed by atoms with Gasteiger partial charge in [-0.15, -0.1) is 0 Å². The van der Waals surface area contributed by atoms with Crippen LogP contribution in [-0.2, 0) is 13.3 Å². The third kappa shape index (κ3) is 3.13. The minimum atomic E-state index is -2.59. The first-order chi connectivity index (χ1) is 7.67. The topological polar surface area (TPSA) is 53.7 Å². The van der Waals surface area contributed by atoms with Crippen LogP contribution < -0.4 is 5.73 Å². The molecule has 0 aromatic heterocycles. The highest BCUT2D eigenvalue weighted by Crippen LogP contribution is 2.21. The van der Waals surface area contributed by atoms with Gasteiger partial charge in [0.25, 0.3) is 0 Å². The molecule has 5 heteroatoms. The summed E-state index contributed by atoms with van der Waals surface area (Å²) in [5.41, 5.74) is 6.88. The van der Waals surface area contributed by atoms with E-state index in [-0.39, 0.29) is 0 Å². The van der Waals surface area contributed by atoms with Crippen molar-refractivity contribution in [3.8, 4) is 0 Å². The van der Waals surface area contributed by atoms with Crippen molar-refractivity contribution in [2.45, 2.75) is 19.2 Å². The quantitative estimate of drug-likeness (QED) is 0.610. The van der Waals surface area contributed by atoms with Crippen LogP contribution in [0.1, 0.15) is 18.7 Å². The zero-order valence-corrected chi connectivity index (χ0v) is 11.0. The lowest BCUT2D eigenvalue weighted by atomic mass is 10.2. The molecule has 2 N–H and O–H groups in total. The molecular weight excluding hydrogens is 222 g/mol. The predicted molar refractivity (Wildman–Crippen MR) is 64.7 cm³/mol. The van der Waals surface area contributed by atoms with Gasteiger partial charge in [0.05, 0.1) is 0 Å². The molecule has 1 atom stereocenters. The molecule has 0 fully saturated rings.